The number of nitrogens with one attached hydrogen (secondary N) is 4. The standard InChI is InChI=1S/C44H58N8O6/c1-25(2)35(49-41(55)57-11)39(53)51-23-43(7,8)21-33(51)37-45-27(5)31(47-37)19-17-29-13-15-30(16-14-29)18-20-32-28(6)46-38(48-32)34-22-44(9,10)24-52(34)40(54)36(26(3)4)50-42(56)58-12/h13-16,25-26,33-36H,21-24H2,1-12H3,(H,45,47)(H,46,48)(H,49,55)(H,50,56)/t33-,34-,35-,36-/m0/s1. The van der Waals surface area contributed by atoms with E-state index in [0.29, 0.717) is 49.0 Å². The Morgan fingerprint density at radius 2 is 1.02 bits per heavy atom. The largest absolute Gasteiger partial charge is 0.453 e. The molecule has 310 valence electrons. The Morgan fingerprint density at radius 1 is 0.672 bits per heavy atom. The van der Waals surface area contributed by atoms with Crippen LogP contribution in [0.15, 0.2) is 24.3 Å². The molecule has 14 heteroatoms. The highest BCUT2D eigenvalue weighted by atomic mass is 16.5. The number of aryl methyl sites for hydroxylation is 2. The quantitative estimate of drug-likeness (QED) is 0.204. The van der Waals surface area contributed by atoms with Gasteiger partial charge in [0.25, 0.3) is 0 Å². The second-order valence-corrected chi connectivity index (χ2v) is 17.7. The molecule has 2 aliphatic heterocycles. The van der Waals surface area contributed by atoms with Crippen molar-refractivity contribution in [3.8, 4) is 23.7 Å². The van der Waals surface area contributed by atoms with Crippen molar-refractivity contribution in [2.45, 2.75) is 106 Å². The lowest BCUT2D eigenvalue weighted by atomic mass is 9.90. The molecule has 0 aliphatic carbocycles. The molecular weight excluding hydrogens is 737 g/mol. The summed E-state index contributed by atoms with van der Waals surface area (Å²) in [4.78, 5) is 71.8. The molecule has 0 spiro atoms. The van der Waals surface area contributed by atoms with Crippen LogP contribution < -0.4 is 10.6 Å². The van der Waals surface area contributed by atoms with Crippen molar-refractivity contribution in [1.82, 2.24) is 40.4 Å². The smallest absolute Gasteiger partial charge is 0.407 e. The summed E-state index contributed by atoms with van der Waals surface area (Å²) in [6, 6.07) is 5.54. The van der Waals surface area contributed by atoms with E-state index in [0.717, 1.165) is 22.5 Å². The van der Waals surface area contributed by atoms with Gasteiger partial charge in [-0.1, -0.05) is 67.2 Å². The van der Waals surface area contributed by atoms with Crippen LogP contribution in [0, 0.1) is 60.2 Å². The highest BCUT2D eigenvalue weighted by Gasteiger charge is 2.46. The van der Waals surface area contributed by atoms with Gasteiger partial charge in [-0.25, -0.2) is 19.6 Å². The Hall–Kier alpha value is -5.76. The fraction of sp³-hybridized carbons (Fsp3) is 0.545. The fourth-order valence-electron chi connectivity index (χ4n) is 7.67. The van der Waals surface area contributed by atoms with Crippen LogP contribution in [0.2, 0.25) is 0 Å². The first-order chi connectivity index (χ1) is 27.2. The number of nitrogens with zero attached hydrogens (tertiary/aromatic N) is 4. The lowest BCUT2D eigenvalue weighted by Crippen LogP contribution is -2.51. The average molecular weight is 795 g/mol. The van der Waals surface area contributed by atoms with Crippen LogP contribution in [0.4, 0.5) is 9.59 Å². The second kappa shape index (κ2) is 17.4. The van der Waals surface area contributed by atoms with Gasteiger partial charge in [-0.2, -0.15) is 0 Å². The number of rotatable bonds is 8. The number of amides is 4. The first kappa shape index (κ1) is 43.4. The van der Waals surface area contributed by atoms with Crippen LogP contribution in [-0.4, -0.2) is 93.1 Å². The molecule has 4 heterocycles. The maximum Gasteiger partial charge on any atom is 0.407 e. The number of methoxy groups -OCH3 is 2. The van der Waals surface area contributed by atoms with Crippen molar-refractivity contribution >= 4 is 24.0 Å². The molecule has 2 aliphatic rings. The summed E-state index contributed by atoms with van der Waals surface area (Å²) >= 11 is 0. The van der Waals surface area contributed by atoms with Crippen LogP contribution >= 0.6 is 0 Å². The number of carbonyl (C=O) groups excluding carboxylic acids is 4. The normalized spacial score (nSPS) is 19.1. The van der Waals surface area contributed by atoms with Gasteiger partial charge < -0.3 is 39.9 Å². The zero-order valence-corrected chi connectivity index (χ0v) is 35.8. The number of benzene rings is 1. The number of hydrogen-bond donors (Lipinski definition) is 4. The second-order valence-electron chi connectivity index (χ2n) is 17.7. The van der Waals surface area contributed by atoms with Crippen LogP contribution in [-0.2, 0) is 19.1 Å². The molecule has 14 nitrogen and oxygen atoms in total. The van der Waals surface area contributed by atoms with Gasteiger partial charge in [0.05, 0.1) is 26.3 Å². The van der Waals surface area contributed by atoms with E-state index in [1.54, 1.807) is 0 Å². The minimum absolute atomic E-state index is 0.141. The summed E-state index contributed by atoms with van der Waals surface area (Å²) in [6.45, 7) is 20.9. The van der Waals surface area contributed by atoms with Gasteiger partial charge in [-0.05, 0) is 85.5 Å². The predicted octanol–water partition coefficient (Wildman–Crippen LogP) is 5.91. The highest BCUT2D eigenvalue weighted by molar-refractivity contribution is 5.87. The number of H-pyrrole nitrogens is 2. The van der Waals surface area contributed by atoms with Crippen LogP contribution in [0.1, 0.15) is 126 Å². The van der Waals surface area contributed by atoms with Crippen molar-refractivity contribution in [1.29, 1.82) is 0 Å². The predicted molar refractivity (Wildman–Crippen MR) is 219 cm³/mol. The van der Waals surface area contributed by atoms with E-state index in [2.05, 4.69) is 72.0 Å². The molecule has 3 aromatic rings. The van der Waals surface area contributed by atoms with Crippen molar-refractivity contribution in [3.05, 3.63) is 69.8 Å². The monoisotopic (exact) mass is 794 g/mol. The fourth-order valence-corrected chi connectivity index (χ4v) is 7.67. The van der Waals surface area contributed by atoms with Crippen molar-refractivity contribution in [2.75, 3.05) is 27.3 Å². The number of aromatic amines is 2. The van der Waals surface area contributed by atoms with E-state index in [-0.39, 0.29) is 46.6 Å². The van der Waals surface area contributed by atoms with Crippen LogP contribution in [0.5, 0.6) is 0 Å². The van der Waals surface area contributed by atoms with Gasteiger partial charge in [0.1, 0.15) is 35.1 Å². The van der Waals surface area contributed by atoms with Gasteiger partial charge in [0.15, 0.2) is 0 Å². The SMILES string of the molecule is COC(=O)N[C@H](C(=O)N1CC(C)(C)C[C@H]1c1nc(C#Cc2ccc(C#Cc3nc([C@@H]4CC(C)(C)CN4C(=O)[C@@H](NC(=O)OC)C(C)C)[nH]c3C)cc2)c(C)[nH]1)C(C)C. The maximum absolute atomic E-state index is 13.8. The van der Waals surface area contributed by atoms with Crippen molar-refractivity contribution in [3.63, 3.8) is 0 Å². The van der Waals surface area contributed by atoms with E-state index >= 15 is 0 Å². The van der Waals surface area contributed by atoms with E-state index in [1.165, 1.54) is 14.2 Å². The molecule has 5 rings (SSSR count). The third-order valence-electron chi connectivity index (χ3n) is 10.8. The molecule has 4 atom stereocenters. The van der Waals surface area contributed by atoms with Gasteiger partial charge in [0.2, 0.25) is 11.8 Å². The molecule has 58 heavy (non-hydrogen) atoms. The van der Waals surface area contributed by atoms with Gasteiger partial charge in [-0.15, -0.1) is 0 Å². The lowest BCUT2D eigenvalue weighted by molar-refractivity contribution is -0.136. The zero-order valence-electron chi connectivity index (χ0n) is 35.8. The number of hydrogen-bond acceptors (Lipinski definition) is 8. The number of carbonyl (C=O) groups is 4. The summed E-state index contributed by atoms with van der Waals surface area (Å²) in [5, 5.41) is 5.41. The first-order valence-electron chi connectivity index (χ1n) is 19.8. The number of aromatic nitrogens is 4. The molecule has 2 saturated heterocycles. The van der Waals surface area contributed by atoms with E-state index in [9.17, 15) is 19.2 Å². The Bertz CT molecular complexity index is 1990. The number of imidazole rings is 2. The summed E-state index contributed by atoms with van der Waals surface area (Å²) < 4.78 is 9.57. The Labute approximate surface area is 342 Å². The summed E-state index contributed by atoms with van der Waals surface area (Å²) in [6.07, 6.45) is 0.120. The Kier molecular flexibility index (Phi) is 13.0. The number of ether oxygens (including phenoxy) is 2. The van der Waals surface area contributed by atoms with E-state index in [1.807, 2.05) is 75.6 Å². The minimum atomic E-state index is -0.734. The number of likely N-dealkylation sites (tertiary alicyclic amines) is 2. The molecule has 2 aromatic heterocycles. The van der Waals surface area contributed by atoms with Gasteiger partial charge in [0, 0.05) is 35.6 Å². The van der Waals surface area contributed by atoms with Crippen LogP contribution in [0.3, 0.4) is 0 Å². The minimum Gasteiger partial charge on any atom is -0.453 e. The summed E-state index contributed by atoms with van der Waals surface area (Å²) in [7, 11) is 2.57. The molecular formula is C44H58N8O6. The molecule has 0 bridgehead atoms. The zero-order chi connectivity index (χ0) is 42.7. The van der Waals surface area contributed by atoms with Crippen LogP contribution in [0.25, 0.3) is 0 Å². The Morgan fingerprint density at radius 3 is 1.33 bits per heavy atom. The first-order valence-corrected chi connectivity index (χ1v) is 19.8. The van der Waals surface area contributed by atoms with Gasteiger partial charge in [-0.3, -0.25) is 9.59 Å². The highest BCUT2D eigenvalue weighted by Crippen LogP contribution is 2.43. The topological polar surface area (TPSA) is 175 Å². The summed E-state index contributed by atoms with van der Waals surface area (Å²) in [5.41, 5.74) is 4.06. The maximum atomic E-state index is 13.8. The Balaban J connectivity index is 1.30. The van der Waals surface area contributed by atoms with E-state index < -0.39 is 24.3 Å². The molecule has 0 unspecified atom stereocenters. The third-order valence-corrected chi connectivity index (χ3v) is 10.8. The molecule has 0 saturated carbocycles. The van der Waals surface area contributed by atoms with Crippen molar-refractivity contribution < 1.29 is 28.7 Å². The lowest BCUT2D eigenvalue weighted by Gasteiger charge is -2.30. The van der Waals surface area contributed by atoms with Crippen molar-refractivity contribution in [2.24, 2.45) is 22.7 Å². The van der Waals surface area contributed by atoms with Gasteiger partial charge >= 0.3 is 12.2 Å². The molecule has 4 N–H and O–H groups in total. The molecule has 1 aromatic carbocycles. The number of alkyl carbamates (subject to hydrolysis) is 2. The molecule has 2 fully saturated rings. The average Bonchev–Trinajstić information content (AvgIpc) is 3.91. The third kappa shape index (κ3) is 10.0. The molecule has 4 amide bonds. The van der Waals surface area contributed by atoms with E-state index in [4.69, 9.17) is 19.4 Å². The molecule has 0 radical (unpaired) electrons. The summed E-state index contributed by atoms with van der Waals surface area (Å²) in [5.74, 6) is 13.5.